The molecule has 0 saturated heterocycles. The number of aromatic nitrogens is 2. The summed E-state index contributed by atoms with van der Waals surface area (Å²) in [5.74, 6) is 1.01. The highest BCUT2D eigenvalue weighted by molar-refractivity contribution is 5.69. The third-order valence-corrected chi connectivity index (χ3v) is 4.33. The number of anilines is 4. The van der Waals surface area contributed by atoms with Gasteiger partial charge in [0, 0.05) is 23.0 Å². The SMILES string of the molecule is N#Cc1ccc(Nc2nc(Nc3cccc(C#N)c3)cc(-c3ccccc3)n2)cc1. The minimum absolute atomic E-state index is 0.417. The molecule has 0 saturated carbocycles. The van der Waals surface area contributed by atoms with E-state index in [-0.39, 0.29) is 0 Å². The Kier molecular flexibility index (Phi) is 5.32. The standard InChI is InChI=1S/C24H16N6/c25-15-17-9-11-20(12-10-17)28-24-29-22(19-6-2-1-3-7-19)14-23(30-24)27-21-8-4-5-18(13-21)16-26/h1-14H,(H2,27,28,29,30). The highest BCUT2D eigenvalue weighted by atomic mass is 15.1. The van der Waals surface area contributed by atoms with Crippen LogP contribution in [0.4, 0.5) is 23.1 Å². The average Bonchev–Trinajstić information content (AvgIpc) is 2.80. The van der Waals surface area contributed by atoms with Gasteiger partial charge in [0.2, 0.25) is 5.95 Å². The van der Waals surface area contributed by atoms with Gasteiger partial charge in [0.15, 0.2) is 0 Å². The monoisotopic (exact) mass is 388 g/mol. The first-order valence-electron chi connectivity index (χ1n) is 9.22. The maximum atomic E-state index is 9.13. The van der Waals surface area contributed by atoms with Crippen LogP contribution < -0.4 is 10.6 Å². The van der Waals surface area contributed by atoms with Crippen molar-refractivity contribution >= 4 is 23.1 Å². The second-order valence-electron chi connectivity index (χ2n) is 6.46. The van der Waals surface area contributed by atoms with Crippen molar-refractivity contribution in [2.24, 2.45) is 0 Å². The van der Waals surface area contributed by atoms with E-state index in [1.807, 2.05) is 48.5 Å². The minimum Gasteiger partial charge on any atom is -0.340 e. The lowest BCUT2D eigenvalue weighted by molar-refractivity contribution is 1.17. The zero-order chi connectivity index (χ0) is 20.8. The molecular weight excluding hydrogens is 372 g/mol. The third kappa shape index (κ3) is 4.41. The van der Waals surface area contributed by atoms with Gasteiger partial charge in [-0.1, -0.05) is 36.4 Å². The summed E-state index contributed by atoms with van der Waals surface area (Å²) in [5.41, 5.74) is 4.39. The van der Waals surface area contributed by atoms with E-state index in [2.05, 4.69) is 32.7 Å². The predicted octanol–water partition coefficient (Wildman–Crippen LogP) is 5.37. The average molecular weight is 388 g/mol. The van der Waals surface area contributed by atoms with E-state index in [4.69, 9.17) is 10.5 Å². The summed E-state index contributed by atoms with van der Waals surface area (Å²) in [6.45, 7) is 0. The quantitative estimate of drug-likeness (QED) is 0.477. The molecule has 0 atom stereocenters. The fourth-order valence-corrected chi connectivity index (χ4v) is 2.90. The summed E-state index contributed by atoms with van der Waals surface area (Å²) in [6, 6.07) is 30.2. The maximum Gasteiger partial charge on any atom is 0.229 e. The number of nitrogens with zero attached hydrogens (tertiary/aromatic N) is 4. The molecule has 0 fully saturated rings. The Bertz CT molecular complexity index is 1250. The fraction of sp³-hybridized carbons (Fsp3) is 0. The molecule has 142 valence electrons. The lowest BCUT2D eigenvalue weighted by atomic mass is 10.1. The van der Waals surface area contributed by atoms with Crippen molar-refractivity contribution in [1.29, 1.82) is 10.5 Å². The lowest BCUT2D eigenvalue weighted by Crippen LogP contribution is -2.02. The Morgan fingerprint density at radius 3 is 2.13 bits per heavy atom. The minimum atomic E-state index is 0.417. The molecule has 30 heavy (non-hydrogen) atoms. The van der Waals surface area contributed by atoms with Crippen LogP contribution in [0.3, 0.4) is 0 Å². The Morgan fingerprint density at radius 1 is 0.633 bits per heavy atom. The molecule has 6 heteroatoms. The molecule has 4 aromatic rings. The Labute approximate surface area is 174 Å². The van der Waals surface area contributed by atoms with Gasteiger partial charge in [-0.25, -0.2) is 4.98 Å². The van der Waals surface area contributed by atoms with Gasteiger partial charge in [0.05, 0.1) is 29.0 Å². The fourth-order valence-electron chi connectivity index (χ4n) is 2.90. The molecule has 2 N–H and O–H groups in total. The summed E-state index contributed by atoms with van der Waals surface area (Å²) >= 11 is 0. The zero-order valence-electron chi connectivity index (χ0n) is 15.9. The number of hydrogen-bond donors (Lipinski definition) is 2. The number of rotatable bonds is 5. The van der Waals surface area contributed by atoms with Crippen LogP contribution in [0.25, 0.3) is 11.3 Å². The van der Waals surface area contributed by atoms with Crippen molar-refractivity contribution in [2.45, 2.75) is 0 Å². The second kappa shape index (κ2) is 8.55. The van der Waals surface area contributed by atoms with Crippen molar-refractivity contribution in [3.05, 3.63) is 96.1 Å². The summed E-state index contributed by atoms with van der Waals surface area (Å²) in [7, 11) is 0. The molecule has 1 aromatic heterocycles. The topological polar surface area (TPSA) is 97.4 Å². The van der Waals surface area contributed by atoms with Gasteiger partial charge in [0.25, 0.3) is 0 Å². The second-order valence-corrected chi connectivity index (χ2v) is 6.46. The van der Waals surface area contributed by atoms with Crippen LogP contribution in [-0.2, 0) is 0 Å². The normalized spacial score (nSPS) is 9.93. The molecule has 0 bridgehead atoms. The Balaban J connectivity index is 1.70. The van der Waals surface area contributed by atoms with Crippen molar-refractivity contribution in [3.63, 3.8) is 0 Å². The molecular formula is C24H16N6. The van der Waals surface area contributed by atoms with Crippen LogP contribution >= 0.6 is 0 Å². The van der Waals surface area contributed by atoms with Crippen LogP contribution in [0.2, 0.25) is 0 Å². The van der Waals surface area contributed by atoms with Crippen LogP contribution in [0.15, 0.2) is 84.9 Å². The van der Waals surface area contributed by atoms with E-state index < -0.39 is 0 Å². The van der Waals surface area contributed by atoms with Crippen LogP contribution in [0.5, 0.6) is 0 Å². The van der Waals surface area contributed by atoms with Crippen LogP contribution in [-0.4, -0.2) is 9.97 Å². The lowest BCUT2D eigenvalue weighted by Gasteiger charge is -2.12. The largest absolute Gasteiger partial charge is 0.340 e. The maximum absolute atomic E-state index is 9.13. The van der Waals surface area contributed by atoms with Gasteiger partial charge in [0.1, 0.15) is 5.82 Å². The molecule has 0 aliphatic rings. The third-order valence-electron chi connectivity index (χ3n) is 4.33. The van der Waals surface area contributed by atoms with E-state index in [9.17, 15) is 0 Å². The van der Waals surface area contributed by atoms with Gasteiger partial charge < -0.3 is 10.6 Å². The molecule has 0 aliphatic heterocycles. The van der Waals surface area contributed by atoms with Gasteiger partial charge in [-0.15, -0.1) is 0 Å². The molecule has 3 aromatic carbocycles. The summed E-state index contributed by atoms with van der Waals surface area (Å²) in [5, 5.41) is 24.5. The van der Waals surface area contributed by atoms with Crippen molar-refractivity contribution in [1.82, 2.24) is 9.97 Å². The molecule has 0 aliphatic carbocycles. The van der Waals surface area contributed by atoms with Crippen LogP contribution in [0, 0.1) is 22.7 Å². The van der Waals surface area contributed by atoms with E-state index in [1.54, 1.807) is 36.4 Å². The van der Waals surface area contributed by atoms with E-state index in [1.165, 1.54) is 0 Å². The first-order valence-corrected chi connectivity index (χ1v) is 9.22. The summed E-state index contributed by atoms with van der Waals surface area (Å²) in [6.07, 6.45) is 0. The highest BCUT2D eigenvalue weighted by Crippen LogP contribution is 2.25. The Hall–Kier alpha value is -4.68. The molecule has 0 radical (unpaired) electrons. The Morgan fingerprint density at radius 2 is 1.40 bits per heavy atom. The molecule has 6 nitrogen and oxygen atoms in total. The van der Waals surface area contributed by atoms with Gasteiger partial charge in [-0.05, 0) is 42.5 Å². The van der Waals surface area contributed by atoms with E-state index in [0.717, 1.165) is 22.6 Å². The van der Waals surface area contributed by atoms with E-state index in [0.29, 0.717) is 22.9 Å². The molecule has 0 spiro atoms. The van der Waals surface area contributed by atoms with Crippen molar-refractivity contribution in [2.75, 3.05) is 10.6 Å². The highest BCUT2D eigenvalue weighted by Gasteiger charge is 2.08. The predicted molar refractivity (Wildman–Crippen MR) is 116 cm³/mol. The molecule has 1 heterocycles. The number of nitriles is 2. The first kappa shape index (κ1) is 18.7. The molecule has 0 unspecified atom stereocenters. The summed E-state index contributed by atoms with van der Waals surface area (Å²) < 4.78 is 0. The summed E-state index contributed by atoms with van der Waals surface area (Å²) in [4.78, 5) is 9.20. The van der Waals surface area contributed by atoms with Crippen molar-refractivity contribution < 1.29 is 0 Å². The first-order chi connectivity index (χ1) is 14.7. The van der Waals surface area contributed by atoms with Gasteiger partial charge in [-0.2, -0.15) is 15.5 Å². The van der Waals surface area contributed by atoms with Gasteiger partial charge >= 0.3 is 0 Å². The van der Waals surface area contributed by atoms with Crippen molar-refractivity contribution in [3.8, 4) is 23.4 Å². The number of hydrogen-bond acceptors (Lipinski definition) is 6. The van der Waals surface area contributed by atoms with Gasteiger partial charge in [-0.3, -0.25) is 0 Å². The smallest absolute Gasteiger partial charge is 0.229 e. The molecule has 4 rings (SSSR count). The zero-order valence-corrected chi connectivity index (χ0v) is 15.9. The molecule has 0 amide bonds. The van der Waals surface area contributed by atoms with E-state index >= 15 is 0 Å². The number of benzene rings is 3. The van der Waals surface area contributed by atoms with Crippen LogP contribution in [0.1, 0.15) is 11.1 Å². The number of nitrogens with one attached hydrogen (secondary N) is 2.